The van der Waals surface area contributed by atoms with Crippen molar-refractivity contribution in [2.45, 2.75) is 52.7 Å². The molecule has 1 heterocycles. The molecule has 4 heteroatoms. The van der Waals surface area contributed by atoms with Crippen LogP contribution in [-0.2, 0) is 17.8 Å². The lowest BCUT2D eigenvalue weighted by Gasteiger charge is -2.16. The van der Waals surface area contributed by atoms with Crippen LogP contribution in [0, 0.1) is 0 Å². The minimum Gasteiger partial charge on any atom is -0.353 e. The molecule has 17 heavy (non-hydrogen) atoms. The van der Waals surface area contributed by atoms with E-state index in [9.17, 15) is 4.79 Å². The summed E-state index contributed by atoms with van der Waals surface area (Å²) in [5.74, 6) is 0.0644. The monoisotopic (exact) mass is 254 g/mol. The fourth-order valence-corrected chi connectivity index (χ4v) is 2.51. The zero-order valence-corrected chi connectivity index (χ0v) is 11.9. The summed E-state index contributed by atoms with van der Waals surface area (Å²) in [6.07, 6.45) is 1.05. The maximum absolute atomic E-state index is 11.7. The molecule has 0 saturated heterocycles. The van der Waals surface area contributed by atoms with Crippen LogP contribution >= 0.6 is 11.3 Å². The lowest BCUT2D eigenvalue weighted by Crippen LogP contribution is -2.44. The summed E-state index contributed by atoms with van der Waals surface area (Å²) in [6.45, 7) is 8.77. The topological polar surface area (TPSA) is 41.1 Å². The van der Waals surface area contributed by atoms with Crippen LogP contribution in [0.25, 0.3) is 0 Å². The van der Waals surface area contributed by atoms with Gasteiger partial charge in [-0.15, -0.1) is 11.3 Å². The van der Waals surface area contributed by atoms with Crippen molar-refractivity contribution >= 4 is 17.2 Å². The number of carbonyl (C=O) groups excluding carboxylic acids is 1. The molecule has 96 valence electrons. The second-order valence-corrected chi connectivity index (χ2v) is 5.49. The summed E-state index contributed by atoms with van der Waals surface area (Å²) < 4.78 is 0. The van der Waals surface area contributed by atoms with Crippen molar-refractivity contribution in [3.63, 3.8) is 0 Å². The van der Waals surface area contributed by atoms with E-state index >= 15 is 0 Å². The zero-order chi connectivity index (χ0) is 12.8. The summed E-state index contributed by atoms with van der Waals surface area (Å²) in [4.78, 5) is 13.0. The van der Waals surface area contributed by atoms with Crippen molar-refractivity contribution in [1.82, 2.24) is 10.6 Å². The second kappa shape index (κ2) is 6.77. The Morgan fingerprint density at radius 1 is 1.41 bits per heavy atom. The molecule has 1 amide bonds. The van der Waals surface area contributed by atoms with Gasteiger partial charge in [0, 0.05) is 17.5 Å². The molecule has 0 fully saturated rings. The molecule has 0 spiro atoms. The molecule has 1 aromatic heterocycles. The summed E-state index contributed by atoms with van der Waals surface area (Å²) in [5, 5.41) is 8.27. The van der Waals surface area contributed by atoms with E-state index in [2.05, 4.69) is 29.0 Å². The minimum atomic E-state index is -0.149. The molecule has 0 bridgehead atoms. The number of hydrogen-bond acceptors (Lipinski definition) is 3. The van der Waals surface area contributed by atoms with Crippen LogP contribution in [0.5, 0.6) is 0 Å². The maximum Gasteiger partial charge on any atom is 0.237 e. The maximum atomic E-state index is 11.7. The van der Waals surface area contributed by atoms with Crippen LogP contribution in [0.15, 0.2) is 11.4 Å². The predicted octanol–water partition coefficient (Wildman–Crippen LogP) is 2.31. The number of carbonyl (C=O) groups is 1. The van der Waals surface area contributed by atoms with E-state index in [1.54, 1.807) is 11.3 Å². The normalized spacial score (nSPS) is 12.8. The summed E-state index contributed by atoms with van der Waals surface area (Å²) >= 11 is 1.75. The molecule has 1 rings (SSSR count). The lowest BCUT2D eigenvalue weighted by molar-refractivity contribution is -0.123. The molecular weight excluding hydrogens is 232 g/mol. The first-order chi connectivity index (χ1) is 8.04. The molecule has 0 aliphatic carbocycles. The Kier molecular flexibility index (Phi) is 5.65. The SMILES string of the molecule is CCc1ccsc1CNC(C)C(=O)NC(C)C. The largest absolute Gasteiger partial charge is 0.353 e. The first kappa shape index (κ1) is 14.2. The van der Waals surface area contributed by atoms with Gasteiger partial charge in [-0.3, -0.25) is 4.79 Å². The molecule has 0 radical (unpaired) electrons. The van der Waals surface area contributed by atoms with Gasteiger partial charge in [0.25, 0.3) is 0 Å². The predicted molar refractivity (Wildman–Crippen MR) is 73.3 cm³/mol. The molecule has 0 aliphatic rings. The fraction of sp³-hybridized carbons (Fsp3) is 0.615. The summed E-state index contributed by atoms with van der Waals surface area (Å²) in [5.41, 5.74) is 1.37. The van der Waals surface area contributed by atoms with Crippen molar-refractivity contribution in [2.75, 3.05) is 0 Å². The standard InChI is InChI=1S/C13H22N2OS/c1-5-11-6-7-17-12(11)8-14-10(4)13(16)15-9(2)3/h6-7,9-10,14H,5,8H2,1-4H3,(H,15,16). The molecule has 2 N–H and O–H groups in total. The van der Waals surface area contributed by atoms with E-state index in [1.165, 1.54) is 10.4 Å². The van der Waals surface area contributed by atoms with Crippen molar-refractivity contribution in [3.05, 3.63) is 21.9 Å². The number of aryl methyl sites for hydroxylation is 1. The van der Waals surface area contributed by atoms with Gasteiger partial charge in [-0.05, 0) is 44.2 Å². The Bertz CT molecular complexity index is 360. The lowest BCUT2D eigenvalue weighted by atomic mass is 10.2. The van der Waals surface area contributed by atoms with Gasteiger partial charge in [0.05, 0.1) is 6.04 Å². The Hall–Kier alpha value is -0.870. The molecule has 1 unspecified atom stereocenters. The number of hydrogen-bond donors (Lipinski definition) is 2. The third-order valence-corrected chi connectivity index (χ3v) is 3.57. The quantitative estimate of drug-likeness (QED) is 0.818. The number of nitrogens with one attached hydrogen (secondary N) is 2. The Balaban J connectivity index is 2.42. The van der Waals surface area contributed by atoms with Gasteiger partial charge in [0.15, 0.2) is 0 Å². The minimum absolute atomic E-state index is 0.0644. The highest BCUT2D eigenvalue weighted by Gasteiger charge is 2.13. The van der Waals surface area contributed by atoms with E-state index in [0.29, 0.717) is 0 Å². The van der Waals surface area contributed by atoms with Gasteiger partial charge < -0.3 is 10.6 Å². The first-order valence-corrected chi connectivity index (χ1v) is 7.01. The van der Waals surface area contributed by atoms with Crippen molar-refractivity contribution < 1.29 is 4.79 Å². The van der Waals surface area contributed by atoms with Gasteiger partial charge >= 0.3 is 0 Å². The average Bonchev–Trinajstić information content (AvgIpc) is 2.72. The third-order valence-electron chi connectivity index (χ3n) is 2.61. The van der Waals surface area contributed by atoms with Crippen LogP contribution < -0.4 is 10.6 Å². The molecule has 0 aromatic carbocycles. The Morgan fingerprint density at radius 2 is 2.12 bits per heavy atom. The van der Waals surface area contributed by atoms with Gasteiger partial charge in [-0.25, -0.2) is 0 Å². The molecule has 0 saturated carbocycles. The summed E-state index contributed by atoms with van der Waals surface area (Å²) in [7, 11) is 0. The summed E-state index contributed by atoms with van der Waals surface area (Å²) in [6, 6.07) is 2.20. The molecule has 3 nitrogen and oxygen atoms in total. The van der Waals surface area contributed by atoms with E-state index < -0.39 is 0 Å². The molecular formula is C13H22N2OS. The van der Waals surface area contributed by atoms with Crippen LogP contribution in [0.3, 0.4) is 0 Å². The van der Waals surface area contributed by atoms with Gasteiger partial charge in [-0.2, -0.15) is 0 Å². The highest BCUT2D eigenvalue weighted by molar-refractivity contribution is 7.10. The van der Waals surface area contributed by atoms with E-state index in [1.807, 2.05) is 20.8 Å². The van der Waals surface area contributed by atoms with Crippen LogP contribution in [-0.4, -0.2) is 18.0 Å². The fourth-order valence-electron chi connectivity index (χ4n) is 1.59. The Labute approximate surface area is 108 Å². The van der Waals surface area contributed by atoms with Gasteiger partial charge in [-0.1, -0.05) is 6.92 Å². The van der Waals surface area contributed by atoms with Crippen LogP contribution in [0.4, 0.5) is 0 Å². The molecule has 0 aliphatic heterocycles. The molecule has 1 aromatic rings. The van der Waals surface area contributed by atoms with Gasteiger partial charge in [0.1, 0.15) is 0 Å². The second-order valence-electron chi connectivity index (χ2n) is 4.49. The van der Waals surface area contributed by atoms with Crippen molar-refractivity contribution in [3.8, 4) is 0 Å². The third kappa shape index (κ3) is 4.48. The highest BCUT2D eigenvalue weighted by Crippen LogP contribution is 2.16. The van der Waals surface area contributed by atoms with E-state index in [4.69, 9.17) is 0 Å². The average molecular weight is 254 g/mol. The van der Waals surface area contributed by atoms with Crippen LogP contribution in [0.2, 0.25) is 0 Å². The van der Waals surface area contributed by atoms with E-state index in [0.717, 1.165) is 13.0 Å². The Morgan fingerprint density at radius 3 is 2.71 bits per heavy atom. The smallest absolute Gasteiger partial charge is 0.237 e. The van der Waals surface area contributed by atoms with Crippen molar-refractivity contribution in [1.29, 1.82) is 0 Å². The number of rotatable bonds is 6. The van der Waals surface area contributed by atoms with Crippen LogP contribution in [0.1, 0.15) is 38.1 Å². The number of amides is 1. The van der Waals surface area contributed by atoms with Gasteiger partial charge in [0.2, 0.25) is 5.91 Å². The zero-order valence-electron chi connectivity index (χ0n) is 11.0. The highest BCUT2D eigenvalue weighted by atomic mass is 32.1. The number of thiophene rings is 1. The molecule has 1 atom stereocenters. The first-order valence-electron chi connectivity index (χ1n) is 6.13. The van der Waals surface area contributed by atoms with Crippen molar-refractivity contribution in [2.24, 2.45) is 0 Å². The van der Waals surface area contributed by atoms with E-state index in [-0.39, 0.29) is 18.0 Å².